The van der Waals surface area contributed by atoms with Crippen LogP contribution in [0.1, 0.15) is 32.6 Å². The summed E-state index contributed by atoms with van der Waals surface area (Å²) in [6, 6.07) is 19.2. The van der Waals surface area contributed by atoms with Crippen molar-refractivity contribution in [2.45, 2.75) is 18.6 Å². The Balaban J connectivity index is 1.42. The Bertz CT molecular complexity index is 1410. The van der Waals surface area contributed by atoms with Crippen molar-refractivity contribution < 1.29 is 24.2 Å². The molecule has 1 aliphatic carbocycles. The first-order valence-electron chi connectivity index (χ1n) is 10.9. The topological polar surface area (TPSA) is 113 Å². The molecule has 1 heterocycles. The SMILES string of the molecule is O=C(O)c1ccc(CC2C=Cc3ccccc3C2(O)C(=O)NCc2ccc3ocnc3c2)cc1. The number of fused-ring (bicyclic) bond motifs is 2. The lowest BCUT2D eigenvalue weighted by atomic mass is 9.72. The maximum absolute atomic E-state index is 13.5. The quantitative estimate of drug-likeness (QED) is 0.407. The summed E-state index contributed by atoms with van der Waals surface area (Å²) in [5, 5.41) is 23.9. The van der Waals surface area contributed by atoms with Gasteiger partial charge in [0, 0.05) is 18.0 Å². The second-order valence-electron chi connectivity index (χ2n) is 8.36. The lowest BCUT2D eigenvalue weighted by Gasteiger charge is -2.37. The van der Waals surface area contributed by atoms with Crippen molar-refractivity contribution in [1.29, 1.82) is 0 Å². The van der Waals surface area contributed by atoms with Gasteiger partial charge in [-0.1, -0.05) is 54.6 Å². The van der Waals surface area contributed by atoms with Crippen molar-refractivity contribution in [3.8, 4) is 0 Å². The zero-order chi connectivity index (χ0) is 23.7. The highest BCUT2D eigenvalue weighted by atomic mass is 16.4. The molecule has 0 aliphatic heterocycles. The zero-order valence-electron chi connectivity index (χ0n) is 18.1. The summed E-state index contributed by atoms with van der Waals surface area (Å²) in [5.41, 5.74) is 2.71. The number of oxazole rings is 1. The molecule has 2 atom stereocenters. The van der Waals surface area contributed by atoms with Gasteiger partial charge >= 0.3 is 5.97 Å². The Kier molecular flexibility index (Phi) is 5.47. The molecule has 0 saturated heterocycles. The molecule has 1 amide bonds. The molecule has 1 aliphatic rings. The highest BCUT2D eigenvalue weighted by molar-refractivity contribution is 5.90. The molecular formula is C27H22N2O5. The van der Waals surface area contributed by atoms with Gasteiger partial charge in [-0.25, -0.2) is 9.78 Å². The van der Waals surface area contributed by atoms with E-state index in [-0.39, 0.29) is 12.1 Å². The summed E-state index contributed by atoms with van der Waals surface area (Å²) in [6.07, 6.45) is 5.48. The molecule has 7 heteroatoms. The highest BCUT2D eigenvalue weighted by Crippen LogP contribution is 2.40. The zero-order valence-corrected chi connectivity index (χ0v) is 18.1. The lowest BCUT2D eigenvalue weighted by molar-refractivity contribution is -0.145. The van der Waals surface area contributed by atoms with Crippen molar-refractivity contribution >= 4 is 29.1 Å². The van der Waals surface area contributed by atoms with Crippen molar-refractivity contribution in [2.24, 2.45) is 5.92 Å². The number of aromatic nitrogens is 1. The molecule has 0 bridgehead atoms. The molecule has 0 spiro atoms. The largest absolute Gasteiger partial charge is 0.478 e. The second-order valence-corrected chi connectivity index (χ2v) is 8.36. The Labute approximate surface area is 195 Å². The van der Waals surface area contributed by atoms with Crippen LogP contribution in [0.3, 0.4) is 0 Å². The number of rotatable bonds is 6. The number of nitrogens with one attached hydrogen (secondary N) is 1. The molecule has 34 heavy (non-hydrogen) atoms. The van der Waals surface area contributed by atoms with Gasteiger partial charge in [0.05, 0.1) is 5.56 Å². The van der Waals surface area contributed by atoms with Gasteiger partial charge < -0.3 is 19.9 Å². The van der Waals surface area contributed by atoms with Crippen LogP contribution >= 0.6 is 0 Å². The number of benzene rings is 3. The van der Waals surface area contributed by atoms with Gasteiger partial charge in [-0.3, -0.25) is 4.79 Å². The molecule has 4 aromatic rings. The maximum Gasteiger partial charge on any atom is 0.335 e. The van der Waals surface area contributed by atoms with E-state index in [9.17, 15) is 14.7 Å². The number of aliphatic hydroxyl groups is 1. The first-order valence-corrected chi connectivity index (χ1v) is 10.9. The molecule has 170 valence electrons. The van der Waals surface area contributed by atoms with Crippen LogP contribution in [0.15, 0.2) is 83.6 Å². The van der Waals surface area contributed by atoms with E-state index in [1.165, 1.54) is 18.5 Å². The first kappa shape index (κ1) is 21.6. The fourth-order valence-electron chi connectivity index (χ4n) is 4.42. The van der Waals surface area contributed by atoms with Crippen LogP contribution in [-0.4, -0.2) is 27.1 Å². The third-order valence-corrected chi connectivity index (χ3v) is 6.27. The molecule has 1 aromatic heterocycles. The van der Waals surface area contributed by atoms with Crippen LogP contribution < -0.4 is 5.32 Å². The van der Waals surface area contributed by atoms with Gasteiger partial charge in [0.2, 0.25) is 0 Å². The Morgan fingerprint density at radius 3 is 2.59 bits per heavy atom. The predicted octanol–water partition coefficient (Wildman–Crippen LogP) is 3.92. The van der Waals surface area contributed by atoms with E-state index in [0.717, 1.165) is 16.7 Å². The number of carbonyl (C=O) groups excluding carboxylic acids is 1. The Morgan fingerprint density at radius 1 is 1.03 bits per heavy atom. The Morgan fingerprint density at radius 2 is 1.79 bits per heavy atom. The van der Waals surface area contributed by atoms with Crippen molar-refractivity contribution in [3.05, 3.63) is 107 Å². The number of nitrogens with zero attached hydrogens (tertiary/aromatic N) is 1. The number of carboxylic acids is 1. The number of carbonyl (C=O) groups is 2. The van der Waals surface area contributed by atoms with Crippen LogP contribution in [0.2, 0.25) is 0 Å². The average molecular weight is 454 g/mol. The third kappa shape index (κ3) is 3.86. The van der Waals surface area contributed by atoms with E-state index in [1.54, 1.807) is 30.3 Å². The van der Waals surface area contributed by atoms with Gasteiger partial charge in [-0.2, -0.15) is 0 Å². The smallest absolute Gasteiger partial charge is 0.335 e. The van der Waals surface area contributed by atoms with Crippen LogP contribution in [0.4, 0.5) is 0 Å². The molecule has 3 N–H and O–H groups in total. The highest BCUT2D eigenvalue weighted by Gasteiger charge is 2.47. The number of hydrogen-bond acceptors (Lipinski definition) is 5. The molecule has 2 unspecified atom stereocenters. The van der Waals surface area contributed by atoms with E-state index in [4.69, 9.17) is 9.52 Å². The molecule has 0 radical (unpaired) electrons. The molecule has 0 fully saturated rings. The summed E-state index contributed by atoms with van der Waals surface area (Å²) in [7, 11) is 0. The van der Waals surface area contributed by atoms with Crippen LogP contribution in [0.5, 0.6) is 0 Å². The van der Waals surface area contributed by atoms with E-state index in [1.807, 2.05) is 36.4 Å². The Hall–Kier alpha value is -4.23. The third-order valence-electron chi connectivity index (χ3n) is 6.27. The normalized spacial score (nSPS) is 19.0. The van der Waals surface area contributed by atoms with Crippen LogP contribution in [0, 0.1) is 5.92 Å². The molecule has 3 aromatic carbocycles. The minimum Gasteiger partial charge on any atom is -0.478 e. The molecular weight excluding hydrogens is 432 g/mol. The maximum atomic E-state index is 13.5. The van der Waals surface area contributed by atoms with Gasteiger partial charge in [-0.15, -0.1) is 0 Å². The van der Waals surface area contributed by atoms with Gasteiger partial charge in [0.25, 0.3) is 5.91 Å². The fraction of sp³-hybridized carbons (Fsp3) is 0.148. The van der Waals surface area contributed by atoms with E-state index in [2.05, 4.69) is 10.3 Å². The summed E-state index contributed by atoms with van der Waals surface area (Å²) in [5.74, 6) is -2.05. The van der Waals surface area contributed by atoms with E-state index in [0.29, 0.717) is 23.1 Å². The molecule has 5 rings (SSSR count). The van der Waals surface area contributed by atoms with Gasteiger partial charge in [-0.05, 0) is 47.4 Å². The standard InChI is InChI=1S/C27H22N2O5/c30-25(31)20-8-5-17(6-9-20)13-21-11-10-19-3-1-2-4-22(19)27(21,33)26(32)28-15-18-7-12-24-23(14-18)29-16-34-24/h1-12,14,16,21,33H,13,15H2,(H,28,32)(H,30,31). The second kappa shape index (κ2) is 8.61. The van der Waals surface area contributed by atoms with E-state index < -0.39 is 23.4 Å². The van der Waals surface area contributed by atoms with Crippen LogP contribution in [-0.2, 0) is 23.4 Å². The number of carboxylic acid groups (broad SMARTS) is 1. The molecule has 0 saturated carbocycles. The van der Waals surface area contributed by atoms with Crippen molar-refractivity contribution in [2.75, 3.05) is 0 Å². The predicted molar refractivity (Wildman–Crippen MR) is 126 cm³/mol. The summed E-state index contributed by atoms with van der Waals surface area (Å²) in [4.78, 5) is 28.8. The number of amides is 1. The van der Waals surface area contributed by atoms with Crippen LogP contribution in [0.25, 0.3) is 17.2 Å². The monoisotopic (exact) mass is 454 g/mol. The van der Waals surface area contributed by atoms with Gasteiger partial charge in [0.1, 0.15) is 5.52 Å². The summed E-state index contributed by atoms with van der Waals surface area (Å²) in [6.45, 7) is 0.218. The van der Waals surface area contributed by atoms with E-state index >= 15 is 0 Å². The summed E-state index contributed by atoms with van der Waals surface area (Å²) < 4.78 is 5.26. The minimum atomic E-state index is -1.80. The first-order chi connectivity index (χ1) is 16.4. The molecule has 7 nitrogen and oxygen atoms in total. The summed E-state index contributed by atoms with van der Waals surface area (Å²) >= 11 is 0. The number of aromatic carboxylic acids is 1. The van der Waals surface area contributed by atoms with Crippen molar-refractivity contribution in [1.82, 2.24) is 10.3 Å². The fourth-order valence-corrected chi connectivity index (χ4v) is 4.42. The minimum absolute atomic E-state index is 0.186. The average Bonchev–Trinajstić information content (AvgIpc) is 3.32. The van der Waals surface area contributed by atoms with Gasteiger partial charge in [0.15, 0.2) is 17.6 Å². The lowest BCUT2D eigenvalue weighted by Crippen LogP contribution is -2.50. The van der Waals surface area contributed by atoms with Crippen molar-refractivity contribution in [3.63, 3.8) is 0 Å². The number of hydrogen-bond donors (Lipinski definition) is 3.